The first-order chi connectivity index (χ1) is 7.41. The Morgan fingerprint density at radius 1 is 0.625 bits per heavy atom. The van der Waals surface area contributed by atoms with Crippen molar-refractivity contribution in [2.45, 2.75) is 54.4 Å². The lowest BCUT2D eigenvalue weighted by atomic mass is 9.99. The van der Waals surface area contributed by atoms with Crippen LogP contribution in [-0.2, 0) is 0 Å². The van der Waals surface area contributed by atoms with Gasteiger partial charge in [0.2, 0.25) is 0 Å². The number of rotatable bonds is 8. The van der Waals surface area contributed by atoms with E-state index in [1.54, 1.807) is 0 Å². The van der Waals surface area contributed by atoms with Gasteiger partial charge in [0.25, 0.3) is 0 Å². The average Bonchev–Trinajstić information content (AvgIpc) is 2.10. The zero-order valence-corrected chi connectivity index (χ0v) is 12.0. The molecular formula is C14H30N2. The molecule has 0 aromatic carbocycles. The SMILES string of the molecule is CC(C)CC(C)CN=NCC(C)CC(C)C. The fraction of sp³-hybridized carbons (Fsp3) is 1.00. The monoisotopic (exact) mass is 226 g/mol. The maximum atomic E-state index is 4.30. The van der Waals surface area contributed by atoms with Crippen molar-refractivity contribution >= 4 is 0 Å². The van der Waals surface area contributed by atoms with Crippen LogP contribution >= 0.6 is 0 Å². The van der Waals surface area contributed by atoms with Crippen molar-refractivity contribution in [1.82, 2.24) is 0 Å². The van der Waals surface area contributed by atoms with E-state index in [0.29, 0.717) is 11.8 Å². The third-order valence-electron chi connectivity index (χ3n) is 2.63. The molecule has 2 heteroatoms. The molecule has 16 heavy (non-hydrogen) atoms. The number of hydrogen-bond donors (Lipinski definition) is 0. The maximum Gasteiger partial charge on any atom is 0.0624 e. The lowest BCUT2D eigenvalue weighted by molar-refractivity contribution is 0.424. The normalized spacial score (nSPS) is 16.2. The summed E-state index contributed by atoms with van der Waals surface area (Å²) in [7, 11) is 0. The summed E-state index contributed by atoms with van der Waals surface area (Å²) in [5, 5.41) is 8.59. The standard InChI is InChI=1S/C14H30N2/c1-11(2)7-13(5)9-15-16-10-14(6)8-12(3)4/h11-14H,7-10H2,1-6H3. The van der Waals surface area contributed by atoms with Crippen LogP contribution in [0.25, 0.3) is 0 Å². The smallest absolute Gasteiger partial charge is 0.0624 e. The van der Waals surface area contributed by atoms with Crippen LogP contribution in [0.5, 0.6) is 0 Å². The molecule has 0 radical (unpaired) electrons. The third-order valence-corrected chi connectivity index (χ3v) is 2.63. The van der Waals surface area contributed by atoms with Gasteiger partial charge in [0.15, 0.2) is 0 Å². The molecule has 0 rings (SSSR count). The van der Waals surface area contributed by atoms with Crippen LogP contribution in [0.3, 0.4) is 0 Å². The van der Waals surface area contributed by atoms with Gasteiger partial charge in [-0.25, -0.2) is 0 Å². The second kappa shape index (κ2) is 8.72. The molecule has 2 nitrogen and oxygen atoms in total. The van der Waals surface area contributed by atoms with Crippen molar-refractivity contribution < 1.29 is 0 Å². The van der Waals surface area contributed by atoms with Gasteiger partial charge in [-0.15, -0.1) is 0 Å². The van der Waals surface area contributed by atoms with Crippen LogP contribution < -0.4 is 0 Å². The van der Waals surface area contributed by atoms with Crippen molar-refractivity contribution in [3.8, 4) is 0 Å². The molecule has 2 unspecified atom stereocenters. The number of nitrogens with zero attached hydrogens (tertiary/aromatic N) is 2. The van der Waals surface area contributed by atoms with Crippen molar-refractivity contribution in [2.24, 2.45) is 33.9 Å². The van der Waals surface area contributed by atoms with Crippen molar-refractivity contribution in [1.29, 1.82) is 0 Å². The fourth-order valence-corrected chi connectivity index (χ4v) is 2.15. The van der Waals surface area contributed by atoms with Crippen LogP contribution in [0, 0.1) is 23.7 Å². The Hall–Kier alpha value is -0.400. The highest BCUT2D eigenvalue weighted by molar-refractivity contribution is 4.60. The molecule has 2 atom stereocenters. The highest BCUT2D eigenvalue weighted by Gasteiger charge is 2.05. The fourth-order valence-electron chi connectivity index (χ4n) is 2.15. The summed E-state index contributed by atoms with van der Waals surface area (Å²) in [5.74, 6) is 2.88. The van der Waals surface area contributed by atoms with E-state index in [2.05, 4.69) is 51.8 Å². The molecule has 0 aliphatic rings. The lowest BCUT2D eigenvalue weighted by Crippen LogP contribution is -2.05. The Kier molecular flexibility index (Phi) is 8.50. The van der Waals surface area contributed by atoms with E-state index in [1.807, 2.05) is 0 Å². The van der Waals surface area contributed by atoms with E-state index in [4.69, 9.17) is 0 Å². The van der Waals surface area contributed by atoms with E-state index < -0.39 is 0 Å². The highest BCUT2D eigenvalue weighted by Crippen LogP contribution is 2.13. The quantitative estimate of drug-likeness (QED) is 0.531. The Bertz CT molecular complexity index is 165. The summed E-state index contributed by atoms with van der Waals surface area (Å²) >= 11 is 0. The molecule has 0 N–H and O–H groups in total. The van der Waals surface area contributed by atoms with Gasteiger partial charge in [-0.1, -0.05) is 41.5 Å². The second-order valence-corrected chi connectivity index (χ2v) is 6.12. The largest absolute Gasteiger partial charge is 0.194 e. The van der Waals surface area contributed by atoms with Gasteiger partial charge in [0, 0.05) is 0 Å². The van der Waals surface area contributed by atoms with Crippen LogP contribution in [0.4, 0.5) is 0 Å². The van der Waals surface area contributed by atoms with Crippen LogP contribution in [0.2, 0.25) is 0 Å². The van der Waals surface area contributed by atoms with Crippen molar-refractivity contribution in [2.75, 3.05) is 13.1 Å². The van der Waals surface area contributed by atoms with Crippen molar-refractivity contribution in [3.05, 3.63) is 0 Å². The van der Waals surface area contributed by atoms with Gasteiger partial charge in [-0.3, -0.25) is 0 Å². The zero-order chi connectivity index (χ0) is 12.6. The maximum absolute atomic E-state index is 4.30. The molecule has 0 aliphatic carbocycles. The molecule has 0 heterocycles. The summed E-state index contributed by atoms with van der Waals surface area (Å²) in [5.41, 5.74) is 0. The molecule has 0 saturated carbocycles. The van der Waals surface area contributed by atoms with E-state index in [0.717, 1.165) is 24.9 Å². The minimum Gasteiger partial charge on any atom is -0.194 e. The average molecular weight is 226 g/mol. The van der Waals surface area contributed by atoms with Gasteiger partial charge < -0.3 is 0 Å². The van der Waals surface area contributed by atoms with Gasteiger partial charge >= 0.3 is 0 Å². The molecule has 0 saturated heterocycles. The van der Waals surface area contributed by atoms with Crippen LogP contribution in [0.15, 0.2) is 10.2 Å². The minimum atomic E-state index is 0.671. The zero-order valence-electron chi connectivity index (χ0n) is 12.0. The Morgan fingerprint density at radius 3 is 1.19 bits per heavy atom. The molecule has 0 fully saturated rings. The molecule has 0 spiro atoms. The van der Waals surface area contributed by atoms with Gasteiger partial charge in [-0.05, 0) is 36.5 Å². The molecule has 96 valence electrons. The third kappa shape index (κ3) is 10.1. The van der Waals surface area contributed by atoms with E-state index in [-0.39, 0.29) is 0 Å². The first-order valence-corrected chi connectivity index (χ1v) is 6.75. The Morgan fingerprint density at radius 2 is 0.938 bits per heavy atom. The first kappa shape index (κ1) is 15.6. The summed E-state index contributed by atoms with van der Waals surface area (Å²) in [6, 6.07) is 0. The number of azo groups is 1. The number of hydrogen-bond acceptors (Lipinski definition) is 2. The predicted molar refractivity (Wildman–Crippen MR) is 71.8 cm³/mol. The summed E-state index contributed by atoms with van der Waals surface area (Å²) in [6.45, 7) is 15.4. The second-order valence-electron chi connectivity index (χ2n) is 6.12. The Balaban J connectivity index is 3.60. The van der Waals surface area contributed by atoms with Crippen molar-refractivity contribution in [3.63, 3.8) is 0 Å². The van der Waals surface area contributed by atoms with Crippen LogP contribution in [0.1, 0.15) is 54.4 Å². The summed E-state index contributed by atoms with van der Waals surface area (Å²) < 4.78 is 0. The molecule has 0 bridgehead atoms. The predicted octanol–water partition coefficient (Wildman–Crippen LogP) is 4.80. The van der Waals surface area contributed by atoms with Gasteiger partial charge in [-0.2, -0.15) is 10.2 Å². The Labute approximate surface area is 102 Å². The molecule has 0 aromatic heterocycles. The van der Waals surface area contributed by atoms with E-state index >= 15 is 0 Å². The lowest BCUT2D eigenvalue weighted by Gasteiger charge is -2.11. The van der Waals surface area contributed by atoms with E-state index in [9.17, 15) is 0 Å². The minimum absolute atomic E-state index is 0.671. The van der Waals surface area contributed by atoms with E-state index in [1.165, 1.54) is 12.8 Å². The summed E-state index contributed by atoms with van der Waals surface area (Å²) in [4.78, 5) is 0. The molecule has 0 amide bonds. The first-order valence-electron chi connectivity index (χ1n) is 6.75. The van der Waals surface area contributed by atoms with Crippen LogP contribution in [-0.4, -0.2) is 13.1 Å². The topological polar surface area (TPSA) is 24.7 Å². The molecular weight excluding hydrogens is 196 g/mol. The molecule has 0 aliphatic heterocycles. The molecule has 0 aromatic rings. The highest BCUT2D eigenvalue weighted by atomic mass is 15.1. The van der Waals surface area contributed by atoms with Gasteiger partial charge in [0.05, 0.1) is 13.1 Å². The summed E-state index contributed by atoms with van der Waals surface area (Å²) in [6.07, 6.45) is 2.50. The van der Waals surface area contributed by atoms with Gasteiger partial charge in [0.1, 0.15) is 0 Å².